The van der Waals surface area contributed by atoms with E-state index in [1.54, 1.807) is 27.7 Å². The van der Waals surface area contributed by atoms with Gasteiger partial charge in [-0.3, -0.25) is 19.1 Å². The minimum Gasteiger partial charge on any atom is -0.472 e. The van der Waals surface area contributed by atoms with Crippen molar-refractivity contribution in [2.45, 2.75) is 145 Å². The number of rotatable bonds is 7. The van der Waals surface area contributed by atoms with E-state index in [0.29, 0.717) is 43.8 Å². The highest BCUT2D eigenvalue weighted by atomic mass is 32.2. The molecule has 1 saturated heterocycles. The van der Waals surface area contributed by atoms with Crippen LogP contribution in [0, 0.1) is 5.92 Å². The Morgan fingerprint density at radius 1 is 1.00 bits per heavy atom. The van der Waals surface area contributed by atoms with Crippen molar-refractivity contribution in [3.05, 3.63) is 53.7 Å². The second-order valence-corrected chi connectivity index (χ2v) is 19.5. The molecule has 2 aliphatic heterocycles. The van der Waals surface area contributed by atoms with E-state index in [-0.39, 0.29) is 19.4 Å². The zero-order valence-corrected chi connectivity index (χ0v) is 33.6. The smallest absolute Gasteiger partial charge is 0.408 e. The van der Waals surface area contributed by atoms with Gasteiger partial charge in [-0.15, -0.1) is 0 Å². The second-order valence-electron chi connectivity index (χ2n) is 17.3. The van der Waals surface area contributed by atoms with Gasteiger partial charge in [-0.1, -0.05) is 55.3 Å². The Kier molecular flexibility index (Phi) is 10.9. The molecule has 5 aliphatic rings. The largest absolute Gasteiger partial charge is 0.472 e. The van der Waals surface area contributed by atoms with Crippen LogP contribution in [0.4, 0.5) is 4.79 Å². The predicted octanol–water partition coefficient (Wildman–Crippen LogP) is 4.66. The molecule has 302 valence electrons. The van der Waals surface area contributed by atoms with Crippen molar-refractivity contribution in [3.8, 4) is 17.3 Å². The molecular weight excluding hydrogens is 737 g/mol. The van der Waals surface area contributed by atoms with E-state index in [1.165, 1.54) is 4.90 Å². The number of sulfonamides is 1. The maximum Gasteiger partial charge on any atom is 0.408 e. The molecule has 2 aromatic rings. The number of benzene rings is 1. The van der Waals surface area contributed by atoms with Crippen molar-refractivity contribution in [2.75, 3.05) is 6.54 Å². The average molecular weight is 791 g/mol. The van der Waals surface area contributed by atoms with E-state index in [4.69, 9.17) is 19.4 Å². The van der Waals surface area contributed by atoms with Gasteiger partial charge in [0, 0.05) is 23.5 Å². The Morgan fingerprint density at radius 2 is 1.75 bits per heavy atom. The fraction of sp³-hybridized carbons (Fsp3) is 0.610. The molecule has 4 amide bonds. The van der Waals surface area contributed by atoms with E-state index >= 15 is 0 Å². The minimum atomic E-state index is -3.99. The maximum absolute atomic E-state index is 14.6. The van der Waals surface area contributed by atoms with Crippen molar-refractivity contribution < 1.29 is 37.1 Å². The summed E-state index contributed by atoms with van der Waals surface area (Å²) in [7, 11) is -3.99. The monoisotopic (exact) mass is 790 g/mol. The fourth-order valence-electron chi connectivity index (χ4n) is 7.93. The quantitative estimate of drug-likeness (QED) is 0.334. The van der Waals surface area contributed by atoms with Crippen LogP contribution in [-0.4, -0.2) is 87.7 Å². The fourth-order valence-corrected chi connectivity index (χ4v) is 9.24. The molecule has 5 atom stereocenters. The van der Waals surface area contributed by atoms with Crippen LogP contribution in [-0.2, 0) is 42.0 Å². The van der Waals surface area contributed by atoms with Gasteiger partial charge in [-0.2, -0.15) is 4.98 Å². The zero-order chi connectivity index (χ0) is 39.9. The topological polar surface area (TPSA) is 186 Å². The summed E-state index contributed by atoms with van der Waals surface area (Å²) in [6, 6.07) is 7.54. The summed E-state index contributed by atoms with van der Waals surface area (Å²) in [5, 5.41) is 5.70. The molecule has 1 aromatic carbocycles. The molecule has 0 bridgehead atoms. The molecule has 15 heteroatoms. The summed E-state index contributed by atoms with van der Waals surface area (Å²) in [6.45, 7) is 6.83. The van der Waals surface area contributed by atoms with Crippen molar-refractivity contribution in [1.82, 2.24) is 30.2 Å². The van der Waals surface area contributed by atoms with Gasteiger partial charge in [0.05, 0.1) is 17.0 Å². The van der Waals surface area contributed by atoms with Gasteiger partial charge >= 0.3 is 6.09 Å². The van der Waals surface area contributed by atoms with Crippen LogP contribution >= 0.6 is 0 Å². The van der Waals surface area contributed by atoms with Crippen molar-refractivity contribution in [3.63, 3.8) is 0 Å². The first kappa shape index (κ1) is 39.7. The molecule has 0 spiro atoms. The van der Waals surface area contributed by atoms with Gasteiger partial charge in [0.15, 0.2) is 5.82 Å². The number of nitrogens with one attached hydrogen (secondary N) is 3. The third-order valence-corrected chi connectivity index (χ3v) is 13.8. The lowest BCUT2D eigenvalue weighted by atomic mass is 9.96. The molecular formula is C41H54N6O8S. The number of fused-ring (bicyclic) bond motifs is 3. The second kappa shape index (κ2) is 15.4. The number of ether oxygens (including phenoxy) is 2. The number of hydrogen-bond donors (Lipinski definition) is 3. The van der Waals surface area contributed by atoms with E-state index in [0.717, 1.165) is 55.3 Å². The van der Waals surface area contributed by atoms with Crippen LogP contribution in [0.25, 0.3) is 11.4 Å². The molecule has 2 saturated carbocycles. The molecule has 0 radical (unpaired) electrons. The highest BCUT2D eigenvalue weighted by Crippen LogP contribution is 2.47. The highest BCUT2D eigenvalue weighted by molar-refractivity contribution is 7.91. The first-order valence-electron chi connectivity index (χ1n) is 20.0. The molecule has 14 nitrogen and oxygen atoms in total. The molecule has 3 fully saturated rings. The van der Waals surface area contributed by atoms with Crippen molar-refractivity contribution in [1.29, 1.82) is 0 Å². The van der Waals surface area contributed by atoms with E-state index < -0.39 is 73.8 Å². The van der Waals surface area contributed by atoms with Crippen LogP contribution < -0.4 is 20.1 Å². The molecule has 3 aliphatic carbocycles. The van der Waals surface area contributed by atoms with Crippen LogP contribution in [0.15, 0.2) is 42.5 Å². The third kappa shape index (κ3) is 8.57. The highest BCUT2D eigenvalue weighted by Gasteiger charge is 2.63. The molecule has 7 rings (SSSR count). The third-order valence-electron chi connectivity index (χ3n) is 11.6. The summed E-state index contributed by atoms with van der Waals surface area (Å²) in [5.41, 5.74) is 0.354. The molecule has 3 heterocycles. The number of aromatic nitrogens is 2. The number of aryl methyl sites for hydroxylation is 1. The van der Waals surface area contributed by atoms with Crippen LogP contribution in [0.2, 0.25) is 0 Å². The van der Waals surface area contributed by atoms with Crippen molar-refractivity contribution in [2.24, 2.45) is 5.92 Å². The van der Waals surface area contributed by atoms with Gasteiger partial charge < -0.3 is 25.0 Å². The lowest BCUT2D eigenvalue weighted by Crippen LogP contribution is -2.58. The van der Waals surface area contributed by atoms with Crippen LogP contribution in [0.5, 0.6) is 5.88 Å². The first-order chi connectivity index (χ1) is 26.6. The van der Waals surface area contributed by atoms with E-state index in [1.807, 2.05) is 42.5 Å². The molecule has 56 heavy (non-hydrogen) atoms. The Bertz CT molecular complexity index is 2000. The SMILES string of the molecule is CC(C)(C)OC(=O)N[C@H]1CCCCCC=C[C@@H]2C[C@@]2(C(=O)NS(=O)(=O)C2(C)CC2)NC(=O)[C@@H]2C[C@@H](Oc3nc(-c4ccccc4)nc4c3CCCC4)CN2C1=O. The maximum atomic E-state index is 14.6. The van der Waals surface area contributed by atoms with Gasteiger partial charge in [-0.25, -0.2) is 18.2 Å². The van der Waals surface area contributed by atoms with Gasteiger partial charge in [0.1, 0.15) is 29.3 Å². The number of carbonyl (C=O) groups excluding carboxylic acids is 4. The number of amides is 4. The molecule has 3 N–H and O–H groups in total. The van der Waals surface area contributed by atoms with E-state index in [9.17, 15) is 27.6 Å². The standard InChI is InChI=1S/C41H54N6O8S/c1-39(2,3)55-38(51)43-31-20-12-7-5-6-11-17-27-24-41(27,37(50)46-56(52,53)40(4)21-22-40)45-34(48)32-23-28(25-47(32)36(31)49)54-35-29-18-13-14-19-30(29)42-33(44-35)26-15-9-8-10-16-26/h8-11,15-17,27-28,31-32H,5-7,12-14,18-25H2,1-4H3,(H,43,51)(H,45,48)(H,46,50)/t27-,28-,31+,32+,41-/m1/s1. The average Bonchev–Trinajstić information content (AvgIpc) is 4.03. The number of carbonyl (C=O) groups is 4. The first-order valence-corrected chi connectivity index (χ1v) is 21.5. The number of hydrogen-bond acceptors (Lipinski definition) is 10. The Hall–Kier alpha value is -4.53. The number of nitrogens with zero attached hydrogens (tertiary/aromatic N) is 3. The Balaban J connectivity index is 1.21. The summed E-state index contributed by atoms with van der Waals surface area (Å²) >= 11 is 0. The molecule has 0 unspecified atom stereocenters. The zero-order valence-electron chi connectivity index (χ0n) is 32.8. The lowest BCUT2D eigenvalue weighted by Gasteiger charge is -2.30. The lowest BCUT2D eigenvalue weighted by molar-refractivity contribution is -0.141. The molecule has 1 aromatic heterocycles. The van der Waals surface area contributed by atoms with Crippen LogP contribution in [0.1, 0.15) is 110 Å². The van der Waals surface area contributed by atoms with Gasteiger partial charge in [0.2, 0.25) is 27.7 Å². The Labute approximate surface area is 329 Å². The summed E-state index contributed by atoms with van der Waals surface area (Å²) in [6.07, 6.45) is 10.3. The Morgan fingerprint density at radius 3 is 2.48 bits per heavy atom. The predicted molar refractivity (Wildman–Crippen MR) is 208 cm³/mol. The van der Waals surface area contributed by atoms with Crippen molar-refractivity contribution >= 4 is 33.8 Å². The number of allylic oxidation sites excluding steroid dienone is 1. The minimum absolute atomic E-state index is 0.0120. The summed E-state index contributed by atoms with van der Waals surface area (Å²) in [5.74, 6) is -1.35. The summed E-state index contributed by atoms with van der Waals surface area (Å²) < 4.78 is 39.8. The normalized spacial score (nSPS) is 27.6. The van der Waals surface area contributed by atoms with Crippen LogP contribution in [0.3, 0.4) is 0 Å². The van der Waals surface area contributed by atoms with Gasteiger partial charge in [0.25, 0.3) is 5.91 Å². The number of alkyl carbamates (subject to hydrolysis) is 1. The van der Waals surface area contributed by atoms with E-state index in [2.05, 4.69) is 15.4 Å². The summed E-state index contributed by atoms with van der Waals surface area (Å²) in [4.78, 5) is 67.3. The van der Waals surface area contributed by atoms with Gasteiger partial charge in [-0.05, 0) is 91.9 Å².